The number of oxime groups is 1. The first kappa shape index (κ1) is 15.8. The van der Waals surface area contributed by atoms with Crippen LogP contribution in [0.3, 0.4) is 0 Å². The first-order valence-corrected chi connectivity index (χ1v) is 6.70. The van der Waals surface area contributed by atoms with E-state index in [0.29, 0.717) is 5.56 Å². The van der Waals surface area contributed by atoms with Crippen LogP contribution in [0.25, 0.3) is 0 Å². The summed E-state index contributed by atoms with van der Waals surface area (Å²) in [6.07, 6.45) is 0. The van der Waals surface area contributed by atoms with Gasteiger partial charge in [0.2, 0.25) is 0 Å². The smallest absolute Gasteiger partial charge is 0.265 e. The molecule has 0 spiro atoms. The normalized spacial score (nSPS) is 11.1. The molecule has 3 N–H and O–H groups in total. The lowest BCUT2D eigenvalue weighted by molar-refractivity contribution is -0.120. The van der Waals surface area contributed by atoms with Crippen molar-refractivity contribution >= 4 is 29.0 Å². The van der Waals surface area contributed by atoms with Crippen molar-refractivity contribution in [1.82, 2.24) is 0 Å². The second-order valence-corrected chi connectivity index (χ2v) is 4.72. The third-order valence-electron chi connectivity index (χ3n) is 2.63. The van der Waals surface area contributed by atoms with E-state index in [2.05, 4.69) is 10.5 Å². The van der Waals surface area contributed by atoms with Crippen molar-refractivity contribution < 1.29 is 14.0 Å². The van der Waals surface area contributed by atoms with E-state index in [-0.39, 0.29) is 16.5 Å². The molecule has 0 aliphatic heterocycles. The Hall–Kier alpha value is -2.60. The van der Waals surface area contributed by atoms with E-state index in [1.54, 1.807) is 24.3 Å². The summed E-state index contributed by atoms with van der Waals surface area (Å²) in [5.41, 5.74) is 6.38. The van der Waals surface area contributed by atoms with Gasteiger partial charge >= 0.3 is 0 Å². The number of amides is 1. The van der Waals surface area contributed by atoms with E-state index in [1.807, 2.05) is 6.07 Å². The van der Waals surface area contributed by atoms with Crippen LogP contribution >= 0.6 is 11.6 Å². The van der Waals surface area contributed by atoms with Crippen molar-refractivity contribution in [2.24, 2.45) is 10.9 Å². The van der Waals surface area contributed by atoms with E-state index in [9.17, 15) is 9.18 Å². The van der Waals surface area contributed by atoms with Gasteiger partial charge in [-0.25, -0.2) is 4.39 Å². The van der Waals surface area contributed by atoms with E-state index in [0.717, 1.165) is 6.07 Å². The van der Waals surface area contributed by atoms with Gasteiger partial charge in [0, 0.05) is 10.6 Å². The number of anilines is 1. The standard InChI is InChI=1S/C15H13ClFN3O2/c16-11-6-7-13(12(17)8-11)19-14(21)9-22-20-15(18)10-4-2-1-3-5-10/h1-8H,9H2,(H2,18,20)(H,19,21). The van der Waals surface area contributed by atoms with Crippen LogP contribution in [-0.2, 0) is 9.63 Å². The lowest BCUT2D eigenvalue weighted by atomic mass is 10.2. The fraction of sp³-hybridized carbons (Fsp3) is 0.0667. The molecule has 1 amide bonds. The molecule has 22 heavy (non-hydrogen) atoms. The predicted octanol–water partition coefficient (Wildman–Crippen LogP) is 2.75. The SMILES string of the molecule is N/C(=N/OCC(=O)Nc1ccc(Cl)cc1F)c1ccccc1. The first-order chi connectivity index (χ1) is 10.6. The summed E-state index contributed by atoms with van der Waals surface area (Å²) < 4.78 is 13.5. The van der Waals surface area contributed by atoms with Gasteiger partial charge in [0.1, 0.15) is 5.82 Å². The van der Waals surface area contributed by atoms with Gasteiger partial charge in [0.05, 0.1) is 5.69 Å². The van der Waals surface area contributed by atoms with Crippen molar-refractivity contribution in [1.29, 1.82) is 0 Å². The zero-order chi connectivity index (χ0) is 15.9. The van der Waals surface area contributed by atoms with Gasteiger partial charge in [0.25, 0.3) is 5.91 Å². The topological polar surface area (TPSA) is 76.7 Å². The maximum Gasteiger partial charge on any atom is 0.265 e. The second kappa shape index (κ2) is 7.42. The molecule has 7 heteroatoms. The third-order valence-corrected chi connectivity index (χ3v) is 2.87. The molecule has 0 aliphatic rings. The fourth-order valence-corrected chi connectivity index (χ4v) is 1.76. The average Bonchev–Trinajstić information content (AvgIpc) is 2.51. The maximum absolute atomic E-state index is 13.5. The van der Waals surface area contributed by atoms with Gasteiger partial charge in [0.15, 0.2) is 12.4 Å². The second-order valence-electron chi connectivity index (χ2n) is 4.29. The minimum absolute atomic E-state index is 0.0120. The number of nitrogens with one attached hydrogen (secondary N) is 1. The maximum atomic E-state index is 13.5. The quantitative estimate of drug-likeness (QED) is 0.505. The van der Waals surface area contributed by atoms with E-state index < -0.39 is 18.3 Å². The number of hydrogen-bond donors (Lipinski definition) is 2. The number of benzene rings is 2. The summed E-state index contributed by atoms with van der Waals surface area (Å²) in [5.74, 6) is -1.05. The summed E-state index contributed by atoms with van der Waals surface area (Å²) in [7, 11) is 0. The molecule has 0 radical (unpaired) electrons. The van der Waals surface area contributed by atoms with Gasteiger partial charge in [-0.15, -0.1) is 0 Å². The highest BCUT2D eigenvalue weighted by Crippen LogP contribution is 2.18. The molecule has 0 fully saturated rings. The fourth-order valence-electron chi connectivity index (χ4n) is 1.60. The van der Waals surface area contributed by atoms with E-state index in [1.165, 1.54) is 12.1 Å². The molecule has 2 aromatic carbocycles. The Balaban J connectivity index is 1.88. The molecule has 5 nitrogen and oxygen atoms in total. The van der Waals surface area contributed by atoms with Crippen LogP contribution in [0, 0.1) is 5.82 Å². The van der Waals surface area contributed by atoms with Gasteiger partial charge < -0.3 is 15.9 Å². The summed E-state index contributed by atoms with van der Waals surface area (Å²) in [5, 5.41) is 6.22. The van der Waals surface area contributed by atoms with Crippen LogP contribution in [0.2, 0.25) is 5.02 Å². The van der Waals surface area contributed by atoms with E-state index in [4.69, 9.17) is 22.2 Å². The van der Waals surface area contributed by atoms with Crippen LogP contribution < -0.4 is 11.1 Å². The number of nitrogens with two attached hydrogens (primary N) is 1. The summed E-state index contributed by atoms with van der Waals surface area (Å²) >= 11 is 5.62. The summed E-state index contributed by atoms with van der Waals surface area (Å²) in [6.45, 7) is -0.393. The number of amidine groups is 1. The molecule has 0 aromatic heterocycles. The number of carbonyl (C=O) groups excluding carboxylic acids is 1. The van der Waals surface area contributed by atoms with Crippen LogP contribution in [0.15, 0.2) is 53.7 Å². The van der Waals surface area contributed by atoms with Crippen molar-refractivity contribution in [2.75, 3.05) is 11.9 Å². The molecular formula is C15H13ClFN3O2. The monoisotopic (exact) mass is 321 g/mol. The number of nitrogens with zero attached hydrogens (tertiary/aromatic N) is 1. The highest BCUT2D eigenvalue weighted by atomic mass is 35.5. The molecule has 0 saturated carbocycles. The third kappa shape index (κ3) is 4.46. The predicted molar refractivity (Wildman–Crippen MR) is 83.2 cm³/mol. The molecule has 0 heterocycles. The van der Waals surface area contributed by atoms with Gasteiger partial charge in [-0.2, -0.15) is 0 Å². The first-order valence-electron chi connectivity index (χ1n) is 6.32. The van der Waals surface area contributed by atoms with Gasteiger partial charge in [-0.3, -0.25) is 4.79 Å². The van der Waals surface area contributed by atoms with Crippen molar-refractivity contribution in [3.05, 3.63) is 64.9 Å². The van der Waals surface area contributed by atoms with Crippen molar-refractivity contribution in [3.8, 4) is 0 Å². The molecule has 0 atom stereocenters. The zero-order valence-corrected chi connectivity index (χ0v) is 12.2. The van der Waals surface area contributed by atoms with Gasteiger partial charge in [-0.05, 0) is 18.2 Å². The van der Waals surface area contributed by atoms with Crippen molar-refractivity contribution in [3.63, 3.8) is 0 Å². The van der Waals surface area contributed by atoms with Crippen LogP contribution in [0.1, 0.15) is 5.56 Å². The highest BCUT2D eigenvalue weighted by molar-refractivity contribution is 6.30. The minimum atomic E-state index is -0.631. The lowest BCUT2D eigenvalue weighted by Gasteiger charge is -2.06. The number of hydrogen-bond acceptors (Lipinski definition) is 3. The summed E-state index contributed by atoms with van der Waals surface area (Å²) in [6, 6.07) is 12.9. The molecular weight excluding hydrogens is 309 g/mol. The van der Waals surface area contributed by atoms with Crippen LogP contribution in [0.4, 0.5) is 10.1 Å². The summed E-state index contributed by atoms with van der Waals surface area (Å²) in [4.78, 5) is 16.5. The van der Waals surface area contributed by atoms with Crippen LogP contribution in [-0.4, -0.2) is 18.3 Å². The molecule has 114 valence electrons. The van der Waals surface area contributed by atoms with Crippen LogP contribution in [0.5, 0.6) is 0 Å². The molecule has 0 bridgehead atoms. The Labute approximate surface area is 131 Å². The minimum Gasteiger partial charge on any atom is -0.384 e. The Kier molecular flexibility index (Phi) is 5.32. The molecule has 0 saturated heterocycles. The lowest BCUT2D eigenvalue weighted by Crippen LogP contribution is -2.20. The largest absolute Gasteiger partial charge is 0.384 e. The molecule has 2 aromatic rings. The Morgan fingerprint density at radius 3 is 2.68 bits per heavy atom. The number of halogens is 2. The van der Waals surface area contributed by atoms with Crippen molar-refractivity contribution in [2.45, 2.75) is 0 Å². The van der Waals surface area contributed by atoms with Gasteiger partial charge in [-0.1, -0.05) is 47.1 Å². The number of carbonyl (C=O) groups is 1. The average molecular weight is 322 g/mol. The zero-order valence-electron chi connectivity index (χ0n) is 11.4. The molecule has 0 unspecified atom stereocenters. The molecule has 2 rings (SSSR count). The molecule has 0 aliphatic carbocycles. The Bertz CT molecular complexity index is 692. The Morgan fingerprint density at radius 1 is 1.27 bits per heavy atom. The van der Waals surface area contributed by atoms with E-state index >= 15 is 0 Å². The highest BCUT2D eigenvalue weighted by Gasteiger charge is 2.08. The number of rotatable bonds is 5. The Morgan fingerprint density at radius 2 is 2.00 bits per heavy atom.